The maximum absolute atomic E-state index is 12.8. The number of benzene rings is 2. The molecule has 0 N–H and O–H groups in total. The van der Waals surface area contributed by atoms with Gasteiger partial charge in [-0.2, -0.15) is 8.78 Å². The van der Waals surface area contributed by atoms with Gasteiger partial charge in [-0.25, -0.2) is 4.98 Å². The van der Waals surface area contributed by atoms with Crippen LogP contribution in [0.5, 0.6) is 0 Å². The Kier molecular flexibility index (Phi) is 4.88. The maximum Gasteiger partial charge on any atom is 0.319 e. The molecular formula is C19H17F2N3O. The molecule has 1 heterocycles. The number of hydrogen-bond acceptors (Lipinski definition) is 2. The Morgan fingerprint density at radius 1 is 1.24 bits per heavy atom. The predicted octanol–water partition coefficient (Wildman–Crippen LogP) is 4.10. The Morgan fingerprint density at radius 3 is 2.80 bits per heavy atom. The molecule has 0 aliphatic carbocycles. The highest BCUT2D eigenvalue weighted by atomic mass is 19.3. The van der Waals surface area contributed by atoms with E-state index in [9.17, 15) is 13.6 Å². The molecule has 0 aliphatic heterocycles. The van der Waals surface area contributed by atoms with Gasteiger partial charge in [-0.05, 0) is 22.4 Å². The van der Waals surface area contributed by atoms with E-state index in [4.69, 9.17) is 0 Å². The van der Waals surface area contributed by atoms with Gasteiger partial charge < -0.3 is 4.90 Å². The average Bonchev–Trinajstić information content (AvgIpc) is 3.08. The minimum atomic E-state index is -2.67. The molecule has 0 unspecified atom stereocenters. The summed E-state index contributed by atoms with van der Waals surface area (Å²) >= 11 is 0. The number of carbonyl (C=O) groups is 1. The van der Waals surface area contributed by atoms with Gasteiger partial charge in [0.05, 0.1) is 6.54 Å². The fourth-order valence-electron chi connectivity index (χ4n) is 2.62. The number of imidazole rings is 1. The molecule has 0 atom stereocenters. The highest BCUT2D eigenvalue weighted by Gasteiger charge is 2.14. The van der Waals surface area contributed by atoms with Gasteiger partial charge >= 0.3 is 6.55 Å². The Bertz CT molecular complexity index is 912. The molecule has 0 radical (unpaired) electrons. The summed E-state index contributed by atoms with van der Waals surface area (Å²) < 4.78 is 26.4. The van der Waals surface area contributed by atoms with Crippen LogP contribution < -0.4 is 0 Å². The number of aromatic nitrogens is 2. The summed E-state index contributed by atoms with van der Waals surface area (Å²) in [6.45, 7) is -2.66. The normalized spacial score (nSPS) is 11.5. The topological polar surface area (TPSA) is 38.1 Å². The molecule has 0 aliphatic rings. The smallest absolute Gasteiger partial charge is 0.319 e. The fourth-order valence-corrected chi connectivity index (χ4v) is 2.62. The maximum atomic E-state index is 12.8. The van der Waals surface area contributed by atoms with Crippen molar-refractivity contribution in [3.8, 4) is 0 Å². The molecule has 128 valence electrons. The van der Waals surface area contributed by atoms with E-state index in [1.807, 2.05) is 42.5 Å². The van der Waals surface area contributed by atoms with Crippen LogP contribution in [0.1, 0.15) is 17.9 Å². The lowest BCUT2D eigenvalue weighted by Crippen LogP contribution is -2.26. The number of carbonyl (C=O) groups excluding carboxylic acids is 1. The van der Waals surface area contributed by atoms with Crippen LogP contribution in [-0.2, 0) is 11.3 Å². The van der Waals surface area contributed by atoms with Crippen molar-refractivity contribution in [2.45, 2.75) is 13.1 Å². The first-order valence-electron chi connectivity index (χ1n) is 7.77. The number of alkyl halides is 2. The van der Waals surface area contributed by atoms with Gasteiger partial charge in [0.25, 0.3) is 0 Å². The van der Waals surface area contributed by atoms with Crippen molar-refractivity contribution in [1.29, 1.82) is 0 Å². The minimum absolute atomic E-state index is 0.00997. The lowest BCUT2D eigenvalue weighted by molar-refractivity contribution is -0.125. The van der Waals surface area contributed by atoms with E-state index >= 15 is 0 Å². The van der Waals surface area contributed by atoms with Gasteiger partial charge in [-0.15, -0.1) is 0 Å². The molecule has 1 amide bonds. The van der Waals surface area contributed by atoms with Crippen LogP contribution in [0.3, 0.4) is 0 Å². The molecular weight excluding hydrogens is 324 g/mol. The first kappa shape index (κ1) is 16.8. The van der Waals surface area contributed by atoms with Gasteiger partial charge in [0.1, 0.15) is 5.82 Å². The number of nitrogens with zero attached hydrogens (tertiary/aromatic N) is 3. The first-order chi connectivity index (χ1) is 12.1. The van der Waals surface area contributed by atoms with Crippen molar-refractivity contribution in [2.24, 2.45) is 0 Å². The quantitative estimate of drug-likeness (QED) is 0.655. The van der Waals surface area contributed by atoms with Crippen molar-refractivity contribution in [2.75, 3.05) is 7.05 Å². The monoisotopic (exact) mass is 341 g/mol. The molecule has 1 aromatic heterocycles. The predicted molar refractivity (Wildman–Crippen MR) is 92.9 cm³/mol. The Balaban J connectivity index is 1.74. The molecule has 0 fully saturated rings. The molecule has 25 heavy (non-hydrogen) atoms. The number of hydrogen-bond donors (Lipinski definition) is 0. The van der Waals surface area contributed by atoms with Crippen molar-refractivity contribution in [3.05, 3.63) is 72.3 Å². The summed E-state index contributed by atoms with van der Waals surface area (Å²) in [7, 11) is 1.56. The van der Waals surface area contributed by atoms with Gasteiger partial charge in [-0.3, -0.25) is 9.36 Å². The van der Waals surface area contributed by atoms with Crippen LogP contribution in [0.2, 0.25) is 0 Å². The third kappa shape index (κ3) is 3.74. The Labute approximate surface area is 144 Å². The number of likely N-dealkylation sites (N-methyl/N-ethyl adjacent to an activating group) is 1. The first-order valence-corrected chi connectivity index (χ1v) is 7.77. The molecule has 2 aromatic carbocycles. The number of amides is 1. The third-order valence-corrected chi connectivity index (χ3v) is 3.94. The second-order valence-corrected chi connectivity index (χ2v) is 5.62. The second kappa shape index (κ2) is 7.25. The van der Waals surface area contributed by atoms with E-state index in [1.165, 1.54) is 23.4 Å². The summed E-state index contributed by atoms with van der Waals surface area (Å²) in [5.41, 5.74) is 0.925. The van der Waals surface area contributed by atoms with Crippen LogP contribution in [-0.4, -0.2) is 27.4 Å². The molecule has 6 heteroatoms. The lowest BCUT2D eigenvalue weighted by Gasteiger charge is -2.15. The van der Waals surface area contributed by atoms with E-state index in [0.29, 0.717) is 0 Å². The zero-order valence-electron chi connectivity index (χ0n) is 13.6. The zero-order chi connectivity index (χ0) is 17.8. The molecule has 3 rings (SSSR count). The highest BCUT2D eigenvalue weighted by molar-refractivity contribution is 5.96. The van der Waals surface area contributed by atoms with Crippen molar-refractivity contribution in [1.82, 2.24) is 14.5 Å². The highest BCUT2D eigenvalue weighted by Crippen LogP contribution is 2.20. The number of halogens is 2. The van der Waals surface area contributed by atoms with E-state index in [0.717, 1.165) is 20.9 Å². The van der Waals surface area contributed by atoms with E-state index in [2.05, 4.69) is 4.98 Å². The molecule has 3 aromatic rings. The third-order valence-electron chi connectivity index (χ3n) is 3.94. The van der Waals surface area contributed by atoms with Crippen LogP contribution in [0.4, 0.5) is 8.78 Å². The standard InChI is InChI=1S/C19H17F2N3O/c1-23(13-17-22-11-12-24(17)19(20)21)18(25)10-9-15-7-4-6-14-5-2-3-8-16(14)15/h2-12,19H,13H2,1H3/b10-9+. The Morgan fingerprint density at radius 2 is 2.00 bits per heavy atom. The summed E-state index contributed by atoms with van der Waals surface area (Å²) in [6, 6.07) is 13.8. The van der Waals surface area contributed by atoms with Gasteiger partial charge in [0.2, 0.25) is 5.91 Å². The van der Waals surface area contributed by atoms with Gasteiger partial charge in [-0.1, -0.05) is 42.5 Å². The summed E-state index contributed by atoms with van der Waals surface area (Å²) in [5.74, 6) is -0.138. The summed E-state index contributed by atoms with van der Waals surface area (Å²) in [4.78, 5) is 17.5. The number of rotatable bonds is 5. The van der Waals surface area contributed by atoms with Gasteiger partial charge in [0, 0.05) is 25.5 Å². The fraction of sp³-hybridized carbons (Fsp3) is 0.158. The minimum Gasteiger partial charge on any atom is -0.335 e. The molecule has 0 bridgehead atoms. The molecule has 0 saturated heterocycles. The summed E-state index contributed by atoms with van der Waals surface area (Å²) in [5, 5.41) is 2.13. The SMILES string of the molecule is CN(Cc1nccn1C(F)F)C(=O)/C=C/c1cccc2ccccc12. The van der Waals surface area contributed by atoms with E-state index < -0.39 is 6.55 Å². The molecule has 0 saturated carbocycles. The zero-order valence-corrected chi connectivity index (χ0v) is 13.6. The second-order valence-electron chi connectivity index (χ2n) is 5.62. The number of fused-ring (bicyclic) bond motifs is 1. The van der Waals surface area contributed by atoms with Crippen LogP contribution in [0.15, 0.2) is 60.9 Å². The van der Waals surface area contributed by atoms with Crippen LogP contribution in [0.25, 0.3) is 16.8 Å². The average molecular weight is 341 g/mol. The largest absolute Gasteiger partial charge is 0.335 e. The molecule has 4 nitrogen and oxygen atoms in total. The van der Waals surface area contributed by atoms with E-state index in [-0.39, 0.29) is 18.3 Å². The Hall–Kier alpha value is -3.02. The van der Waals surface area contributed by atoms with Crippen molar-refractivity contribution in [3.63, 3.8) is 0 Å². The van der Waals surface area contributed by atoms with E-state index in [1.54, 1.807) is 13.1 Å². The van der Waals surface area contributed by atoms with Crippen LogP contribution in [0, 0.1) is 0 Å². The van der Waals surface area contributed by atoms with Gasteiger partial charge in [0.15, 0.2) is 0 Å². The van der Waals surface area contributed by atoms with Crippen molar-refractivity contribution >= 4 is 22.8 Å². The van der Waals surface area contributed by atoms with Crippen molar-refractivity contribution < 1.29 is 13.6 Å². The summed E-state index contributed by atoms with van der Waals surface area (Å²) in [6.07, 6.45) is 5.67. The molecule has 0 spiro atoms. The lowest BCUT2D eigenvalue weighted by atomic mass is 10.0. The van der Waals surface area contributed by atoms with Crippen LogP contribution >= 0.6 is 0 Å².